The van der Waals surface area contributed by atoms with Gasteiger partial charge in [0, 0.05) is 38.6 Å². The molecule has 26 heavy (non-hydrogen) atoms. The zero-order valence-corrected chi connectivity index (χ0v) is 15.9. The normalized spacial score (nSPS) is 18.2. The summed E-state index contributed by atoms with van der Waals surface area (Å²) in [7, 11) is 1.83. The van der Waals surface area contributed by atoms with Gasteiger partial charge in [-0.1, -0.05) is 31.2 Å². The highest BCUT2D eigenvalue weighted by Crippen LogP contribution is 2.15. The second-order valence-corrected chi connectivity index (χ2v) is 6.75. The first-order valence-electron chi connectivity index (χ1n) is 9.52. The SMILES string of the molecule is CCN1CCCC1CNC(=NC)NCc1cccc(Cn2cccn2)c1. The molecule has 0 spiro atoms. The van der Waals surface area contributed by atoms with Crippen LogP contribution in [0.25, 0.3) is 0 Å². The minimum absolute atomic E-state index is 0.621. The Morgan fingerprint density at radius 2 is 2.15 bits per heavy atom. The maximum atomic E-state index is 4.36. The van der Waals surface area contributed by atoms with Crippen LogP contribution in [0.3, 0.4) is 0 Å². The fourth-order valence-electron chi connectivity index (χ4n) is 3.58. The number of hydrogen-bond acceptors (Lipinski definition) is 3. The molecule has 0 radical (unpaired) electrons. The second-order valence-electron chi connectivity index (χ2n) is 6.75. The number of likely N-dealkylation sites (tertiary alicyclic amines) is 1. The topological polar surface area (TPSA) is 57.5 Å². The minimum atomic E-state index is 0.621. The van der Waals surface area contributed by atoms with Crippen LogP contribution in [-0.4, -0.2) is 53.4 Å². The van der Waals surface area contributed by atoms with Crippen LogP contribution < -0.4 is 10.6 Å². The zero-order valence-electron chi connectivity index (χ0n) is 15.9. The van der Waals surface area contributed by atoms with E-state index in [1.807, 2.05) is 30.2 Å². The lowest BCUT2D eigenvalue weighted by Gasteiger charge is -2.24. The third-order valence-corrected chi connectivity index (χ3v) is 4.99. The number of nitrogens with one attached hydrogen (secondary N) is 2. The van der Waals surface area contributed by atoms with Crippen molar-refractivity contribution >= 4 is 5.96 Å². The summed E-state index contributed by atoms with van der Waals surface area (Å²) >= 11 is 0. The summed E-state index contributed by atoms with van der Waals surface area (Å²) in [5.41, 5.74) is 2.49. The Morgan fingerprint density at radius 1 is 1.27 bits per heavy atom. The maximum absolute atomic E-state index is 4.36. The maximum Gasteiger partial charge on any atom is 0.191 e. The Hall–Kier alpha value is -2.34. The standard InChI is InChI=1S/C20H30N6/c1-3-25-11-5-9-19(25)15-23-20(21-2)22-14-17-7-4-8-18(13-17)16-26-12-6-10-24-26/h4,6-8,10,12-13,19H,3,5,9,11,14-16H2,1-2H3,(H2,21,22,23). The van der Waals surface area contributed by atoms with Crippen molar-refractivity contribution in [2.75, 3.05) is 26.7 Å². The fourth-order valence-corrected chi connectivity index (χ4v) is 3.58. The lowest BCUT2D eigenvalue weighted by Crippen LogP contribution is -2.44. The van der Waals surface area contributed by atoms with Gasteiger partial charge in [-0.05, 0) is 43.1 Å². The number of hydrogen-bond donors (Lipinski definition) is 2. The van der Waals surface area contributed by atoms with E-state index in [9.17, 15) is 0 Å². The molecule has 0 bridgehead atoms. The molecule has 1 aromatic heterocycles. The van der Waals surface area contributed by atoms with Gasteiger partial charge in [0.2, 0.25) is 0 Å². The number of guanidine groups is 1. The van der Waals surface area contributed by atoms with Gasteiger partial charge in [-0.25, -0.2) is 0 Å². The van der Waals surface area contributed by atoms with Crippen LogP contribution >= 0.6 is 0 Å². The molecule has 1 atom stereocenters. The van der Waals surface area contributed by atoms with Crippen molar-refractivity contribution in [1.29, 1.82) is 0 Å². The van der Waals surface area contributed by atoms with Crippen LogP contribution in [-0.2, 0) is 13.1 Å². The monoisotopic (exact) mass is 354 g/mol. The molecule has 2 heterocycles. The molecule has 1 fully saturated rings. The highest BCUT2D eigenvalue weighted by Gasteiger charge is 2.22. The molecular formula is C20H30N6. The van der Waals surface area contributed by atoms with Gasteiger partial charge in [0.1, 0.15) is 0 Å². The molecule has 1 aliphatic rings. The summed E-state index contributed by atoms with van der Waals surface area (Å²) in [5, 5.41) is 11.2. The van der Waals surface area contributed by atoms with E-state index >= 15 is 0 Å². The van der Waals surface area contributed by atoms with Crippen molar-refractivity contribution in [3.8, 4) is 0 Å². The van der Waals surface area contributed by atoms with Crippen molar-refractivity contribution in [2.45, 2.75) is 38.9 Å². The van der Waals surface area contributed by atoms with Crippen LogP contribution in [0.1, 0.15) is 30.9 Å². The third kappa shape index (κ3) is 5.08. The Balaban J connectivity index is 1.49. The molecule has 1 aromatic carbocycles. The van der Waals surface area contributed by atoms with Crippen LogP contribution in [0.15, 0.2) is 47.7 Å². The van der Waals surface area contributed by atoms with E-state index in [4.69, 9.17) is 0 Å². The molecule has 3 rings (SSSR count). The van der Waals surface area contributed by atoms with Crippen LogP contribution in [0.2, 0.25) is 0 Å². The summed E-state index contributed by atoms with van der Waals surface area (Å²) in [5.74, 6) is 0.866. The molecule has 2 aromatic rings. The molecule has 6 heteroatoms. The van der Waals surface area contributed by atoms with Gasteiger partial charge in [-0.15, -0.1) is 0 Å². The molecule has 2 N–H and O–H groups in total. The predicted molar refractivity (Wildman–Crippen MR) is 106 cm³/mol. The fraction of sp³-hybridized carbons (Fsp3) is 0.500. The largest absolute Gasteiger partial charge is 0.355 e. The lowest BCUT2D eigenvalue weighted by molar-refractivity contribution is 0.267. The average Bonchev–Trinajstić information content (AvgIpc) is 3.33. The Labute approximate surface area is 156 Å². The van der Waals surface area contributed by atoms with E-state index in [1.54, 1.807) is 0 Å². The van der Waals surface area contributed by atoms with E-state index in [1.165, 1.54) is 30.5 Å². The highest BCUT2D eigenvalue weighted by atomic mass is 15.3. The van der Waals surface area contributed by atoms with E-state index in [0.717, 1.165) is 32.1 Å². The molecule has 0 amide bonds. The number of aromatic nitrogens is 2. The van der Waals surface area contributed by atoms with E-state index < -0.39 is 0 Å². The van der Waals surface area contributed by atoms with Crippen molar-refractivity contribution in [1.82, 2.24) is 25.3 Å². The van der Waals surface area contributed by atoms with Gasteiger partial charge in [0.25, 0.3) is 0 Å². The summed E-state index contributed by atoms with van der Waals surface area (Å²) in [6.07, 6.45) is 6.37. The highest BCUT2D eigenvalue weighted by molar-refractivity contribution is 5.79. The number of likely N-dealkylation sites (N-methyl/N-ethyl adjacent to an activating group) is 1. The lowest BCUT2D eigenvalue weighted by atomic mass is 10.1. The van der Waals surface area contributed by atoms with Crippen LogP contribution in [0, 0.1) is 0 Å². The Bertz CT molecular complexity index is 694. The Morgan fingerprint density at radius 3 is 2.92 bits per heavy atom. The molecule has 0 aliphatic carbocycles. The summed E-state index contributed by atoms with van der Waals surface area (Å²) in [6, 6.07) is 11.2. The van der Waals surface area contributed by atoms with Crippen LogP contribution in [0.5, 0.6) is 0 Å². The molecule has 1 unspecified atom stereocenters. The van der Waals surface area contributed by atoms with Gasteiger partial charge in [-0.3, -0.25) is 14.6 Å². The summed E-state index contributed by atoms with van der Waals surface area (Å²) in [6.45, 7) is 7.09. The van der Waals surface area contributed by atoms with E-state index in [0.29, 0.717) is 6.04 Å². The molecular weight excluding hydrogens is 324 g/mol. The summed E-state index contributed by atoms with van der Waals surface area (Å²) in [4.78, 5) is 6.90. The second kappa shape index (κ2) is 9.38. The first-order valence-corrected chi connectivity index (χ1v) is 9.52. The minimum Gasteiger partial charge on any atom is -0.355 e. The smallest absolute Gasteiger partial charge is 0.191 e. The predicted octanol–water partition coefficient (Wildman–Crippen LogP) is 2.08. The molecule has 0 saturated carbocycles. The van der Waals surface area contributed by atoms with Gasteiger partial charge >= 0.3 is 0 Å². The van der Waals surface area contributed by atoms with Gasteiger partial charge in [-0.2, -0.15) is 5.10 Å². The molecule has 140 valence electrons. The quantitative estimate of drug-likeness (QED) is 0.590. The number of benzene rings is 1. The van der Waals surface area contributed by atoms with Crippen molar-refractivity contribution in [3.05, 3.63) is 53.9 Å². The van der Waals surface area contributed by atoms with Gasteiger partial charge in [0.15, 0.2) is 5.96 Å². The average molecular weight is 355 g/mol. The van der Waals surface area contributed by atoms with Gasteiger partial charge in [0.05, 0.1) is 6.54 Å². The van der Waals surface area contributed by atoms with E-state index in [2.05, 4.69) is 56.8 Å². The molecule has 6 nitrogen and oxygen atoms in total. The van der Waals surface area contributed by atoms with Crippen molar-refractivity contribution in [2.24, 2.45) is 4.99 Å². The summed E-state index contributed by atoms with van der Waals surface area (Å²) < 4.78 is 1.94. The Kier molecular flexibility index (Phi) is 6.66. The van der Waals surface area contributed by atoms with E-state index in [-0.39, 0.29) is 0 Å². The number of nitrogens with zero attached hydrogens (tertiary/aromatic N) is 4. The van der Waals surface area contributed by atoms with Crippen LogP contribution in [0.4, 0.5) is 0 Å². The third-order valence-electron chi connectivity index (χ3n) is 4.99. The zero-order chi connectivity index (χ0) is 18.2. The van der Waals surface area contributed by atoms with Crippen molar-refractivity contribution < 1.29 is 0 Å². The number of aliphatic imine (C=N–C) groups is 1. The number of rotatable bonds is 7. The molecule has 1 aliphatic heterocycles. The van der Waals surface area contributed by atoms with Crippen molar-refractivity contribution in [3.63, 3.8) is 0 Å². The first kappa shape index (κ1) is 18.5. The molecule has 1 saturated heterocycles. The van der Waals surface area contributed by atoms with Gasteiger partial charge < -0.3 is 10.6 Å². The first-order chi connectivity index (χ1) is 12.8.